The molecule has 0 aliphatic carbocycles. The molecule has 2 nitrogen and oxygen atoms in total. The Bertz CT molecular complexity index is 360. The number of hydrogen-bond acceptors (Lipinski definition) is 2. The van der Waals surface area contributed by atoms with Crippen LogP contribution in [0.15, 0.2) is 30.3 Å². The van der Waals surface area contributed by atoms with Crippen molar-refractivity contribution in [1.29, 1.82) is 0 Å². The molecule has 0 amide bonds. The molecule has 0 saturated heterocycles. The largest absolute Gasteiger partial charge is 1.00 e. The van der Waals surface area contributed by atoms with Gasteiger partial charge in [0, 0.05) is 0 Å². The number of methoxy groups -OCH3 is 1. The van der Waals surface area contributed by atoms with Gasteiger partial charge in [-0.1, -0.05) is 18.2 Å². The Morgan fingerprint density at radius 3 is 1.00 bits per heavy atom. The second-order valence-corrected chi connectivity index (χ2v) is 3.00. The number of benzene rings is 1. The number of carbonyl (C=O) groups excluding carboxylic acids is 1. The van der Waals surface area contributed by atoms with Crippen LogP contribution in [0.3, 0.4) is 0 Å². The van der Waals surface area contributed by atoms with Gasteiger partial charge < -0.3 is 62.7 Å². The van der Waals surface area contributed by atoms with Crippen LogP contribution in [0.25, 0.3) is 0 Å². The van der Waals surface area contributed by atoms with Crippen LogP contribution in [0.4, 0.5) is 51.8 Å². The van der Waals surface area contributed by atoms with Crippen LogP contribution in [-0.2, 0) is 4.79 Å². The van der Waals surface area contributed by atoms with Crippen molar-refractivity contribution in [3.63, 3.8) is 0 Å². The van der Waals surface area contributed by atoms with Gasteiger partial charge in [0.1, 0.15) is 12.5 Å². The zero-order chi connectivity index (χ0) is 21.3. The second kappa shape index (κ2) is 19.4. The third-order valence-electron chi connectivity index (χ3n) is 0.979. The molecule has 0 unspecified atom stereocenters. The number of rotatable bonds is 1. The minimum absolute atomic E-state index is 0. The molecule has 0 saturated carbocycles. The first-order chi connectivity index (χ1) is 10.9. The van der Waals surface area contributed by atoms with Crippen LogP contribution >= 0.6 is 0 Å². The molecule has 0 fully saturated rings. The van der Waals surface area contributed by atoms with E-state index in [0.29, 0.717) is 0 Å². The Kier molecular flexibility index (Phi) is 27.4. The van der Waals surface area contributed by atoms with Crippen molar-refractivity contribution in [2.75, 3.05) is 7.11 Å². The molecule has 0 spiro atoms. The predicted molar refractivity (Wildman–Crippen MR) is 71.8 cm³/mol. The molecule has 0 aliphatic rings. The molecule has 1 aromatic carbocycles. The summed E-state index contributed by atoms with van der Waals surface area (Å²) in [6.07, 6.45) is 0. The average molecular weight is 439 g/mol. The van der Waals surface area contributed by atoms with Crippen LogP contribution in [0.1, 0.15) is 1.43 Å². The molecule has 0 radical (unpaired) electrons. The van der Waals surface area contributed by atoms with E-state index in [0.717, 1.165) is 5.75 Å². The van der Waals surface area contributed by atoms with E-state index in [4.69, 9.17) is 9.53 Å². The second-order valence-electron chi connectivity index (χ2n) is 3.00. The van der Waals surface area contributed by atoms with Crippen LogP contribution < -0.4 is 56.1 Å². The molecular weight excluding hydrogens is 428 g/mol. The Hall–Kier alpha value is -0.319. The molecule has 0 N–H and O–H groups in total. The minimum Gasteiger partial charge on any atom is -1.00 e. The Morgan fingerprint density at radius 2 is 0.885 bits per heavy atom. The summed E-state index contributed by atoms with van der Waals surface area (Å²) in [7, 11) is -16.3. The van der Waals surface area contributed by atoms with Gasteiger partial charge in [0.15, 0.2) is 0 Å². The molecule has 1 aromatic rings. The summed E-state index contributed by atoms with van der Waals surface area (Å²) >= 11 is 0. The number of carbonyl (C=O) groups is 1. The van der Waals surface area contributed by atoms with E-state index in [-0.39, 0.29) is 52.8 Å². The number of ether oxygens (including phenoxy) is 1. The maximum Gasteiger partial charge on any atom is 1.00 e. The fraction of sp³-hybridized carbons (Fsp3) is 0.125. The van der Waals surface area contributed by atoms with Crippen molar-refractivity contribution in [2.24, 2.45) is 0 Å². The molecule has 152 valence electrons. The van der Waals surface area contributed by atoms with Crippen LogP contribution in [-0.4, -0.2) is 35.7 Å². The summed E-state index contributed by atoms with van der Waals surface area (Å²) in [6.45, 7) is 2.00. The molecule has 1 rings (SSSR count). The standard InChI is InChI=1S/C7H8O.CH2O.3BF4.K.H/c1-8-7-5-3-2-4-6-7;1-2;3*2-1(3,4)5;;/h2-6H,1H3;1H2;;;;;/q;;3*-1;+1;-1. The number of halogens is 12. The van der Waals surface area contributed by atoms with E-state index >= 15 is 0 Å². The molecule has 0 bridgehead atoms. The topological polar surface area (TPSA) is 26.3 Å². The zero-order valence-corrected chi connectivity index (χ0v) is 16.3. The van der Waals surface area contributed by atoms with Gasteiger partial charge in [0.25, 0.3) is 0 Å². The third-order valence-corrected chi connectivity index (χ3v) is 0.979. The first kappa shape index (κ1) is 36.6. The first-order valence-corrected chi connectivity index (χ1v) is 5.43. The predicted octanol–water partition coefficient (Wildman–Crippen LogP) is 2.53. The molecule has 18 heteroatoms. The summed E-state index contributed by atoms with van der Waals surface area (Å²) in [5.41, 5.74) is 0. The average Bonchev–Trinajstić information content (AvgIpc) is 2.36. The van der Waals surface area contributed by atoms with Gasteiger partial charge in [-0.3, -0.25) is 0 Å². The summed E-state index contributed by atoms with van der Waals surface area (Å²) in [4.78, 5) is 8.00. The van der Waals surface area contributed by atoms with E-state index in [2.05, 4.69) is 0 Å². The molecule has 0 heterocycles. The van der Waals surface area contributed by atoms with Crippen molar-refractivity contribution >= 4 is 28.6 Å². The molecule has 26 heavy (non-hydrogen) atoms. The first-order valence-electron chi connectivity index (χ1n) is 5.43. The van der Waals surface area contributed by atoms with Gasteiger partial charge in [0.05, 0.1) is 7.11 Å². The molecule has 0 atom stereocenters. The number of para-hydroxylation sites is 1. The van der Waals surface area contributed by atoms with E-state index in [9.17, 15) is 51.8 Å². The van der Waals surface area contributed by atoms with Crippen molar-refractivity contribution in [3.05, 3.63) is 30.3 Å². The third kappa shape index (κ3) is 130. The van der Waals surface area contributed by atoms with Crippen LogP contribution in [0.2, 0.25) is 0 Å². The monoisotopic (exact) mass is 439 g/mol. The SMILES string of the molecule is C=O.COc1ccccc1.F[B-](F)(F)F.F[B-](F)(F)F.F[B-](F)(F)F.[H-].[K+]. The quantitative estimate of drug-likeness (QED) is 0.498. The fourth-order valence-corrected chi connectivity index (χ4v) is 0.557. The van der Waals surface area contributed by atoms with E-state index in [1.165, 1.54) is 0 Å². The van der Waals surface area contributed by atoms with Crippen molar-refractivity contribution in [1.82, 2.24) is 0 Å². The van der Waals surface area contributed by atoms with Gasteiger partial charge in [-0.05, 0) is 12.1 Å². The van der Waals surface area contributed by atoms with Crippen molar-refractivity contribution in [2.45, 2.75) is 0 Å². The molecule has 0 aromatic heterocycles. The summed E-state index contributed by atoms with van der Waals surface area (Å²) < 4.78 is 122. The Balaban J connectivity index is -0.0000000528. The Labute approximate surface area is 184 Å². The zero-order valence-electron chi connectivity index (χ0n) is 14.2. The smallest absolute Gasteiger partial charge is 1.00 e. The summed E-state index contributed by atoms with van der Waals surface area (Å²) in [5, 5.41) is 0. The maximum absolute atomic E-state index is 9.75. The van der Waals surface area contributed by atoms with Gasteiger partial charge in [-0.2, -0.15) is 0 Å². The summed E-state index contributed by atoms with van der Waals surface area (Å²) in [5.74, 6) is 0.910. The maximum atomic E-state index is 9.75. The van der Waals surface area contributed by atoms with Crippen LogP contribution in [0, 0.1) is 0 Å². The van der Waals surface area contributed by atoms with E-state index < -0.39 is 21.8 Å². The van der Waals surface area contributed by atoms with Gasteiger partial charge >= 0.3 is 73.1 Å². The molecule has 0 aliphatic heterocycles. The van der Waals surface area contributed by atoms with Gasteiger partial charge in [-0.25, -0.2) is 0 Å². The van der Waals surface area contributed by atoms with E-state index in [1.54, 1.807) is 7.11 Å². The van der Waals surface area contributed by atoms with E-state index in [1.807, 2.05) is 37.1 Å². The normalized spacial score (nSPS) is 9.73. The fourth-order valence-electron chi connectivity index (χ4n) is 0.557. The van der Waals surface area contributed by atoms with Gasteiger partial charge in [0.2, 0.25) is 0 Å². The Morgan fingerprint density at radius 1 is 0.692 bits per heavy atom. The van der Waals surface area contributed by atoms with Crippen LogP contribution in [0.5, 0.6) is 5.75 Å². The van der Waals surface area contributed by atoms with Gasteiger partial charge in [-0.15, -0.1) is 0 Å². The summed E-state index contributed by atoms with van der Waals surface area (Å²) in [6, 6.07) is 9.68. The number of hydrogen-bond donors (Lipinski definition) is 0. The van der Waals surface area contributed by atoms with Crippen molar-refractivity contribution in [3.8, 4) is 5.75 Å². The van der Waals surface area contributed by atoms with Crippen molar-refractivity contribution < 1.29 is 114 Å². The molecular formula is C8H11B3F12KO2-3. The minimum atomic E-state index is -6.00.